The molecule has 0 atom stereocenters. The van der Waals surface area contributed by atoms with Crippen LogP contribution in [0.25, 0.3) is 22.4 Å². The molecule has 0 N–H and O–H groups in total. The van der Waals surface area contributed by atoms with E-state index in [0.717, 1.165) is 29.5 Å². The molecule has 1 amide bonds. The maximum Gasteiger partial charge on any atom is 0.416 e. The Labute approximate surface area is 199 Å². The summed E-state index contributed by atoms with van der Waals surface area (Å²) in [5.41, 5.74) is 1.74. The van der Waals surface area contributed by atoms with E-state index >= 15 is 0 Å². The van der Waals surface area contributed by atoms with Gasteiger partial charge in [-0.25, -0.2) is 4.98 Å². The number of morpholine rings is 1. The lowest BCUT2D eigenvalue weighted by Gasteiger charge is -2.26. The van der Waals surface area contributed by atoms with Crippen molar-refractivity contribution in [1.82, 2.24) is 9.88 Å². The SMILES string of the molecule is N#Cc1c(-c2ccc(C(F)(F)F)cc2)cc(-c2ccccc2)nc1SCC(=O)N1CCOCC1. The molecule has 174 valence electrons. The molecule has 0 saturated carbocycles. The smallest absolute Gasteiger partial charge is 0.378 e. The van der Waals surface area contributed by atoms with Crippen molar-refractivity contribution in [3.8, 4) is 28.5 Å². The van der Waals surface area contributed by atoms with Gasteiger partial charge in [0.05, 0.1) is 35.8 Å². The molecule has 1 fully saturated rings. The zero-order chi connectivity index (χ0) is 24.1. The molecule has 9 heteroatoms. The van der Waals surface area contributed by atoms with E-state index < -0.39 is 11.7 Å². The predicted octanol–water partition coefficient (Wildman–Crippen LogP) is 5.26. The minimum Gasteiger partial charge on any atom is -0.378 e. The maximum atomic E-state index is 13.0. The number of thioether (sulfide) groups is 1. The summed E-state index contributed by atoms with van der Waals surface area (Å²) in [6.07, 6.45) is -4.45. The van der Waals surface area contributed by atoms with Gasteiger partial charge in [0.2, 0.25) is 5.91 Å². The maximum absolute atomic E-state index is 13.0. The van der Waals surface area contributed by atoms with E-state index in [9.17, 15) is 23.2 Å². The topological polar surface area (TPSA) is 66.2 Å². The molecule has 1 aliphatic rings. The highest BCUT2D eigenvalue weighted by Crippen LogP contribution is 2.36. The van der Waals surface area contributed by atoms with Crippen LogP contribution >= 0.6 is 11.8 Å². The molecule has 0 radical (unpaired) electrons. The van der Waals surface area contributed by atoms with Crippen LogP contribution in [0.15, 0.2) is 65.7 Å². The molecule has 2 heterocycles. The fraction of sp³-hybridized carbons (Fsp3) is 0.240. The highest BCUT2D eigenvalue weighted by molar-refractivity contribution is 8.00. The first kappa shape index (κ1) is 23.8. The summed E-state index contributed by atoms with van der Waals surface area (Å²) in [5.74, 6) is 0.00649. The van der Waals surface area contributed by atoms with Gasteiger partial charge in [-0.05, 0) is 23.8 Å². The molecule has 0 unspecified atom stereocenters. The van der Waals surface area contributed by atoms with Crippen molar-refractivity contribution >= 4 is 17.7 Å². The summed E-state index contributed by atoms with van der Waals surface area (Å²) >= 11 is 1.15. The Morgan fingerprint density at radius 1 is 1.06 bits per heavy atom. The number of hydrogen-bond donors (Lipinski definition) is 0. The van der Waals surface area contributed by atoms with Crippen LogP contribution in [0.5, 0.6) is 0 Å². The number of carbonyl (C=O) groups is 1. The van der Waals surface area contributed by atoms with Gasteiger partial charge >= 0.3 is 6.18 Å². The van der Waals surface area contributed by atoms with Crippen LogP contribution in [-0.4, -0.2) is 47.8 Å². The summed E-state index contributed by atoms with van der Waals surface area (Å²) in [4.78, 5) is 19.0. The van der Waals surface area contributed by atoms with Crippen molar-refractivity contribution in [1.29, 1.82) is 5.26 Å². The Balaban J connectivity index is 1.72. The monoisotopic (exact) mass is 483 g/mol. The lowest BCUT2D eigenvalue weighted by Crippen LogP contribution is -2.41. The molecule has 34 heavy (non-hydrogen) atoms. The van der Waals surface area contributed by atoms with E-state index in [1.807, 2.05) is 30.3 Å². The number of carbonyl (C=O) groups excluding carboxylic acids is 1. The molecule has 1 aliphatic heterocycles. The summed E-state index contributed by atoms with van der Waals surface area (Å²) in [6.45, 7) is 2.00. The van der Waals surface area contributed by atoms with Crippen LogP contribution < -0.4 is 0 Å². The van der Waals surface area contributed by atoms with Crippen molar-refractivity contribution in [2.24, 2.45) is 0 Å². The number of alkyl halides is 3. The average molecular weight is 484 g/mol. The fourth-order valence-corrected chi connectivity index (χ4v) is 4.50. The Morgan fingerprint density at radius 2 is 1.74 bits per heavy atom. The molecule has 5 nitrogen and oxygen atoms in total. The Kier molecular flexibility index (Phi) is 7.20. The normalized spacial score (nSPS) is 14.0. The Morgan fingerprint density at radius 3 is 2.35 bits per heavy atom. The fourth-order valence-electron chi connectivity index (χ4n) is 3.59. The van der Waals surface area contributed by atoms with E-state index in [2.05, 4.69) is 11.1 Å². The number of nitrogens with zero attached hydrogens (tertiary/aromatic N) is 3. The molecule has 1 saturated heterocycles. The van der Waals surface area contributed by atoms with Crippen LogP contribution in [0.4, 0.5) is 13.2 Å². The summed E-state index contributed by atoms with van der Waals surface area (Å²) in [5, 5.41) is 10.3. The first-order valence-corrected chi connectivity index (χ1v) is 11.5. The van der Waals surface area contributed by atoms with Crippen LogP contribution in [0.2, 0.25) is 0 Å². The molecule has 0 spiro atoms. The van der Waals surface area contributed by atoms with Crippen LogP contribution in [0, 0.1) is 11.3 Å². The van der Waals surface area contributed by atoms with Crippen molar-refractivity contribution < 1.29 is 22.7 Å². The zero-order valence-electron chi connectivity index (χ0n) is 18.0. The van der Waals surface area contributed by atoms with Gasteiger partial charge in [0.15, 0.2) is 0 Å². The summed E-state index contributed by atoms with van der Waals surface area (Å²) in [7, 11) is 0. The van der Waals surface area contributed by atoms with E-state index in [-0.39, 0.29) is 17.2 Å². The third-order valence-electron chi connectivity index (χ3n) is 5.39. The van der Waals surface area contributed by atoms with Crippen LogP contribution in [-0.2, 0) is 15.7 Å². The second kappa shape index (κ2) is 10.3. The first-order valence-electron chi connectivity index (χ1n) is 10.5. The van der Waals surface area contributed by atoms with Gasteiger partial charge in [-0.1, -0.05) is 54.2 Å². The Bertz CT molecular complexity index is 1200. The van der Waals surface area contributed by atoms with Gasteiger partial charge in [-0.2, -0.15) is 18.4 Å². The van der Waals surface area contributed by atoms with Crippen molar-refractivity contribution in [3.05, 3.63) is 71.8 Å². The lowest BCUT2D eigenvalue weighted by molar-refractivity contribution is -0.137. The molecular formula is C25H20F3N3O2S. The number of rotatable bonds is 5. The van der Waals surface area contributed by atoms with Crippen molar-refractivity contribution in [2.75, 3.05) is 32.1 Å². The van der Waals surface area contributed by atoms with E-state index in [4.69, 9.17) is 4.74 Å². The van der Waals surface area contributed by atoms with Crippen molar-refractivity contribution in [3.63, 3.8) is 0 Å². The third-order valence-corrected chi connectivity index (χ3v) is 6.35. The zero-order valence-corrected chi connectivity index (χ0v) is 18.8. The molecule has 0 aliphatic carbocycles. The second-order valence-corrected chi connectivity index (χ2v) is 8.53. The van der Waals surface area contributed by atoms with Gasteiger partial charge in [-0.3, -0.25) is 4.79 Å². The molecule has 2 aromatic carbocycles. The number of ether oxygens (including phenoxy) is 1. The van der Waals surface area contributed by atoms with Gasteiger partial charge in [0.25, 0.3) is 0 Å². The van der Waals surface area contributed by atoms with Crippen LogP contribution in [0.3, 0.4) is 0 Å². The Hall–Kier alpha value is -3.35. The quantitative estimate of drug-likeness (QED) is 0.464. The molecular weight excluding hydrogens is 463 g/mol. The summed E-state index contributed by atoms with van der Waals surface area (Å²) < 4.78 is 44.4. The number of pyridine rings is 1. The van der Waals surface area contributed by atoms with E-state index in [0.29, 0.717) is 48.2 Å². The number of hydrogen-bond acceptors (Lipinski definition) is 5. The molecule has 0 bridgehead atoms. The first-order chi connectivity index (χ1) is 16.4. The number of benzene rings is 2. The predicted molar refractivity (Wildman–Crippen MR) is 123 cm³/mol. The van der Waals surface area contributed by atoms with Crippen molar-refractivity contribution in [2.45, 2.75) is 11.2 Å². The highest BCUT2D eigenvalue weighted by atomic mass is 32.2. The number of aromatic nitrogens is 1. The molecule has 3 aromatic rings. The minimum absolute atomic E-state index is 0.0832. The summed E-state index contributed by atoms with van der Waals surface area (Å²) in [6, 6.07) is 17.8. The van der Waals surface area contributed by atoms with Crippen LogP contribution in [0.1, 0.15) is 11.1 Å². The van der Waals surface area contributed by atoms with E-state index in [1.54, 1.807) is 11.0 Å². The standard InChI is InChI=1S/C25H20F3N3O2S/c26-25(27,28)19-8-6-17(7-9-19)20-14-22(18-4-2-1-3-5-18)30-24(21(20)15-29)34-16-23(32)31-10-12-33-13-11-31/h1-9,14H,10-13,16H2. The lowest BCUT2D eigenvalue weighted by atomic mass is 9.98. The number of amides is 1. The largest absolute Gasteiger partial charge is 0.416 e. The highest BCUT2D eigenvalue weighted by Gasteiger charge is 2.30. The number of nitriles is 1. The number of halogens is 3. The molecule has 1 aromatic heterocycles. The van der Waals surface area contributed by atoms with Gasteiger partial charge in [0.1, 0.15) is 11.1 Å². The van der Waals surface area contributed by atoms with Gasteiger partial charge in [0, 0.05) is 24.2 Å². The second-order valence-electron chi connectivity index (χ2n) is 7.57. The minimum atomic E-state index is -4.45. The average Bonchev–Trinajstić information content (AvgIpc) is 2.87. The van der Waals surface area contributed by atoms with Gasteiger partial charge < -0.3 is 9.64 Å². The molecule has 4 rings (SSSR count). The third kappa shape index (κ3) is 5.41. The van der Waals surface area contributed by atoms with Gasteiger partial charge in [-0.15, -0.1) is 0 Å². The van der Waals surface area contributed by atoms with E-state index in [1.165, 1.54) is 12.1 Å².